The molecule has 1 aromatic heterocycles. The fraction of sp³-hybridized carbons (Fsp3) is 0.312. The van der Waals surface area contributed by atoms with Crippen molar-refractivity contribution >= 4 is 0 Å². The molecule has 0 bridgehead atoms. The summed E-state index contributed by atoms with van der Waals surface area (Å²) in [6.45, 7) is 8.09. The quantitative estimate of drug-likeness (QED) is 0.611. The smallest absolute Gasteiger partial charge is 0.183 e. The van der Waals surface area contributed by atoms with Gasteiger partial charge in [-0.25, -0.2) is 0 Å². The molecule has 0 atom stereocenters. The fourth-order valence-electron chi connectivity index (χ4n) is 2.69. The summed E-state index contributed by atoms with van der Waals surface area (Å²) in [6, 6.07) is 4.05. The van der Waals surface area contributed by atoms with Gasteiger partial charge < -0.3 is 9.94 Å². The summed E-state index contributed by atoms with van der Waals surface area (Å²) in [5.41, 5.74) is 6.64. The molecule has 0 aliphatic carbocycles. The van der Waals surface area contributed by atoms with Gasteiger partial charge in [0.05, 0.1) is 7.11 Å². The van der Waals surface area contributed by atoms with Crippen molar-refractivity contribution in [2.24, 2.45) is 0 Å². The van der Waals surface area contributed by atoms with Crippen molar-refractivity contribution in [3.05, 3.63) is 52.0 Å². The molecule has 1 heterocycles. The highest BCUT2D eigenvalue weighted by molar-refractivity contribution is 5.76. The largest absolute Gasteiger partial charge is 0.619 e. The molecule has 0 spiro atoms. The Bertz CT molecular complexity index is 587. The molecule has 0 fully saturated rings. The van der Waals surface area contributed by atoms with E-state index in [0.717, 1.165) is 38.3 Å². The van der Waals surface area contributed by atoms with Gasteiger partial charge in [-0.3, -0.25) is 0 Å². The number of pyridine rings is 1. The normalized spacial score (nSPS) is 10.6. The van der Waals surface area contributed by atoms with Crippen LogP contribution in [0.1, 0.15) is 22.3 Å². The number of aromatic nitrogens is 1. The minimum Gasteiger partial charge on any atom is -0.619 e. The van der Waals surface area contributed by atoms with Gasteiger partial charge in [-0.2, -0.15) is 4.73 Å². The number of aryl methyl sites for hydroxylation is 4. The van der Waals surface area contributed by atoms with Gasteiger partial charge in [0.1, 0.15) is 5.75 Å². The summed E-state index contributed by atoms with van der Waals surface area (Å²) in [6.07, 6.45) is 3.23. The summed E-state index contributed by atoms with van der Waals surface area (Å²) in [7, 11) is 1.67. The van der Waals surface area contributed by atoms with Gasteiger partial charge in [-0.1, -0.05) is 0 Å². The molecular formula is C16H19NO2. The molecule has 0 unspecified atom stereocenters. The molecule has 100 valence electrons. The van der Waals surface area contributed by atoms with Crippen LogP contribution in [0.5, 0.6) is 5.75 Å². The van der Waals surface area contributed by atoms with Crippen molar-refractivity contribution in [3.8, 4) is 16.9 Å². The number of rotatable bonds is 2. The number of ether oxygens (including phenoxy) is 1. The molecule has 2 rings (SSSR count). The standard InChI is InChI=1S/C16H19NO2/c1-10-6-14(19-5)7-11(2)15(10)16-12(3)8-17(18)9-13(16)4/h6-9H,1-5H3. The van der Waals surface area contributed by atoms with Crippen molar-refractivity contribution in [1.29, 1.82) is 0 Å². The predicted molar refractivity (Wildman–Crippen MR) is 76.3 cm³/mol. The molecule has 0 radical (unpaired) electrons. The number of nitrogens with zero attached hydrogens (tertiary/aromatic N) is 1. The molecule has 0 saturated carbocycles. The van der Waals surface area contributed by atoms with Crippen molar-refractivity contribution < 1.29 is 9.47 Å². The number of hydrogen-bond donors (Lipinski definition) is 0. The van der Waals surface area contributed by atoms with Gasteiger partial charge in [0.2, 0.25) is 0 Å². The first kappa shape index (κ1) is 13.4. The first-order valence-electron chi connectivity index (χ1n) is 6.29. The van der Waals surface area contributed by atoms with Crippen LogP contribution < -0.4 is 9.47 Å². The molecule has 0 aliphatic rings. The van der Waals surface area contributed by atoms with E-state index < -0.39 is 0 Å². The number of methoxy groups -OCH3 is 1. The van der Waals surface area contributed by atoms with E-state index in [0.29, 0.717) is 0 Å². The Labute approximate surface area is 114 Å². The minimum absolute atomic E-state index is 0.863. The van der Waals surface area contributed by atoms with Crippen LogP contribution in [-0.2, 0) is 0 Å². The maximum atomic E-state index is 11.5. The molecule has 3 heteroatoms. The second kappa shape index (κ2) is 4.92. The van der Waals surface area contributed by atoms with E-state index in [2.05, 4.69) is 13.8 Å². The zero-order valence-electron chi connectivity index (χ0n) is 12.1. The topological polar surface area (TPSA) is 36.2 Å². The Hall–Kier alpha value is -2.03. The first-order valence-corrected chi connectivity index (χ1v) is 6.29. The fourth-order valence-corrected chi connectivity index (χ4v) is 2.69. The lowest BCUT2D eigenvalue weighted by Gasteiger charge is -2.16. The van der Waals surface area contributed by atoms with Crippen LogP contribution in [0.15, 0.2) is 24.5 Å². The third-order valence-electron chi connectivity index (χ3n) is 3.42. The summed E-state index contributed by atoms with van der Waals surface area (Å²) >= 11 is 0. The first-order chi connectivity index (χ1) is 8.93. The van der Waals surface area contributed by atoms with Crippen LogP contribution in [0, 0.1) is 32.9 Å². The van der Waals surface area contributed by atoms with E-state index in [1.54, 1.807) is 19.5 Å². The molecular weight excluding hydrogens is 238 g/mol. The minimum atomic E-state index is 0.863. The molecule has 19 heavy (non-hydrogen) atoms. The molecule has 0 amide bonds. The van der Waals surface area contributed by atoms with Crippen LogP contribution in [0.25, 0.3) is 11.1 Å². The van der Waals surface area contributed by atoms with E-state index in [-0.39, 0.29) is 0 Å². The number of hydrogen-bond acceptors (Lipinski definition) is 2. The predicted octanol–water partition coefficient (Wildman–Crippen LogP) is 3.23. The van der Waals surface area contributed by atoms with Gasteiger partial charge >= 0.3 is 0 Å². The van der Waals surface area contributed by atoms with Gasteiger partial charge in [-0.05, 0) is 62.1 Å². The lowest BCUT2D eigenvalue weighted by Crippen LogP contribution is -2.26. The summed E-state index contributed by atoms with van der Waals surface area (Å²) in [4.78, 5) is 0. The SMILES string of the molecule is COc1cc(C)c(-c2c(C)c[n+]([O-])cc2C)c(C)c1. The Morgan fingerprint density at radius 1 is 0.842 bits per heavy atom. The Balaban J connectivity index is 2.73. The average molecular weight is 257 g/mol. The Kier molecular flexibility index (Phi) is 3.47. The van der Waals surface area contributed by atoms with Crippen molar-refractivity contribution in [2.75, 3.05) is 7.11 Å². The molecule has 0 N–H and O–H groups in total. The van der Waals surface area contributed by atoms with Gasteiger partial charge in [0, 0.05) is 11.1 Å². The maximum absolute atomic E-state index is 11.5. The summed E-state index contributed by atoms with van der Waals surface area (Å²) in [5.74, 6) is 0.865. The lowest BCUT2D eigenvalue weighted by molar-refractivity contribution is -0.606. The highest BCUT2D eigenvalue weighted by atomic mass is 16.5. The van der Waals surface area contributed by atoms with E-state index in [4.69, 9.17) is 4.74 Å². The highest BCUT2D eigenvalue weighted by Gasteiger charge is 2.15. The Morgan fingerprint density at radius 3 is 1.68 bits per heavy atom. The second-order valence-corrected chi connectivity index (χ2v) is 5.00. The van der Waals surface area contributed by atoms with Crippen LogP contribution >= 0.6 is 0 Å². The van der Waals surface area contributed by atoms with Crippen molar-refractivity contribution in [2.45, 2.75) is 27.7 Å². The van der Waals surface area contributed by atoms with E-state index in [9.17, 15) is 5.21 Å². The van der Waals surface area contributed by atoms with Crippen molar-refractivity contribution in [1.82, 2.24) is 0 Å². The van der Waals surface area contributed by atoms with E-state index >= 15 is 0 Å². The molecule has 1 aromatic carbocycles. The molecule has 0 saturated heterocycles. The van der Waals surface area contributed by atoms with E-state index in [1.165, 1.54) is 5.56 Å². The van der Waals surface area contributed by atoms with Crippen LogP contribution in [-0.4, -0.2) is 7.11 Å². The van der Waals surface area contributed by atoms with Crippen LogP contribution in [0.2, 0.25) is 0 Å². The molecule has 2 aromatic rings. The highest BCUT2D eigenvalue weighted by Crippen LogP contribution is 2.34. The van der Waals surface area contributed by atoms with Gasteiger partial charge in [0.25, 0.3) is 0 Å². The second-order valence-electron chi connectivity index (χ2n) is 5.00. The van der Waals surface area contributed by atoms with Crippen LogP contribution in [0.3, 0.4) is 0 Å². The molecule has 0 aliphatic heterocycles. The average Bonchev–Trinajstić information content (AvgIpc) is 2.31. The zero-order valence-corrected chi connectivity index (χ0v) is 12.1. The van der Waals surface area contributed by atoms with E-state index in [1.807, 2.05) is 26.0 Å². The molecule has 3 nitrogen and oxygen atoms in total. The maximum Gasteiger partial charge on any atom is 0.183 e. The number of benzene rings is 1. The van der Waals surface area contributed by atoms with Crippen molar-refractivity contribution in [3.63, 3.8) is 0 Å². The van der Waals surface area contributed by atoms with Crippen LogP contribution in [0.4, 0.5) is 0 Å². The lowest BCUT2D eigenvalue weighted by atomic mass is 9.91. The monoisotopic (exact) mass is 257 g/mol. The van der Waals surface area contributed by atoms with Gasteiger partial charge in [-0.15, -0.1) is 0 Å². The third-order valence-corrected chi connectivity index (χ3v) is 3.42. The summed E-state index contributed by atoms with van der Waals surface area (Å²) < 4.78 is 6.16. The van der Waals surface area contributed by atoms with Gasteiger partial charge in [0.15, 0.2) is 12.4 Å². The zero-order chi connectivity index (χ0) is 14.2. The third kappa shape index (κ3) is 2.41. The Morgan fingerprint density at radius 2 is 1.26 bits per heavy atom. The summed E-state index contributed by atoms with van der Waals surface area (Å²) in [5, 5.41) is 11.5.